The molecule has 1 amide bonds. The lowest BCUT2D eigenvalue weighted by Crippen LogP contribution is -2.36. The molecule has 1 unspecified atom stereocenters. The Morgan fingerprint density at radius 1 is 1.14 bits per heavy atom. The Hall–Kier alpha value is -2.80. The topological polar surface area (TPSA) is 72.9 Å². The van der Waals surface area contributed by atoms with Gasteiger partial charge in [0.2, 0.25) is 5.91 Å². The number of hydrogen-bond acceptors (Lipinski definition) is 5. The third-order valence-electron chi connectivity index (χ3n) is 4.45. The van der Waals surface area contributed by atoms with Gasteiger partial charge in [0.1, 0.15) is 0 Å². The van der Waals surface area contributed by atoms with Crippen LogP contribution >= 0.6 is 0 Å². The Balaban J connectivity index is 2.26. The number of carbonyl (C=O) groups is 1. The summed E-state index contributed by atoms with van der Waals surface area (Å²) in [6, 6.07) is 14.6. The highest BCUT2D eigenvalue weighted by Crippen LogP contribution is 2.30. The van der Waals surface area contributed by atoms with Gasteiger partial charge in [-0.15, -0.1) is 0 Å². The highest BCUT2D eigenvalue weighted by molar-refractivity contribution is 7.86. The van der Waals surface area contributed by atoms with Gasteiger partial charge < -0.3 is 13.8 Å². The summed E-state index contributed by atoms with van der Waals surface area (Å²) in [4.78, 5) is 14.6. The SMILES string of the molecule is CCC(C)N(Cc1ccc(OC)c(OS(C)(=O)=O)c1)C(=O)C=Cc1ccccc1. The fourth-order valence-electron chi connectivity index (χ4n) is 2.74. The number of carbonyl (C=O) groups excluding carboxylic acids is 1. The van der Waals surface area contributed by atoms with Crippen molar-refractivity contribution >= 4 is 22.1 Å². The zero-order valence-corrected chi connectivity index (χ0v) is 18.0. The Morgan fingerprint density at radius 2 is 1.83 bits per heavy atom. The standard InChI is InChI=1S/C22H27NO5S/c1-5-17(2)23(22(24)14-12-18-9-7-6-8-10-18)16-19-11-13-20(27-3)21(15-19)28-29(4,25)26/h6-15,17H,5,16H2,1-4H3. The Kier molecular flexibility index (Phi) is 7.84. The van der Waals surface area contributed by atoms with Crippen LogP contribution in [0.1, 0.15) is 31.4 Å². The molecule has 0 fully saturated rings. The van der Waals surface area contributed by atoms with Gasteiger partial charge in [0.15, 0.2) is 11.5 Å². The van der Waals surface area contributed by atoms with Crippen LogP contribution in [0.4, 0.5) is 0 Å². The minimum Gasteiger partial charge on any atom is -0.493 e. The molecule has 1 atom stereocenters. The maximum absolute atomic E-state index is 12.8. The Bertz CT molecular complexity index is 954. The predicted octanol–water partition coefficient (Wildman–Crippen LogP) is 3.87. The summed E-state index contributed by atoms with van der Waals surface area (Å²) in [5.41, 5.74) is 1.68. The first kappa shape index (κ1) is 22.5. The smallest absolute Gasteiger partial charge is 0.306 e. The van der Waals surface area contributed by atoms with Crippen molar-refractivity contribution in [3.05, 3.63) is 65.7 Å². The molecule has 0 spiro atoms. The normalized spacial score (nSPS) is 12.6. The second kappa shape index (κ2) is 10.1. The molecule has 29 heavy (non-hydrogen) atoms. The minimum atomic E-state index is -3.70. The second-order valence-electron chi connectivity index (χ2n) is 6.74. The van der Waals surface area contributed by atoms with E-state index >= 15 is 0 Å². The molecule has 0 saturated carbocycles. The van der Waals surface area contributed by atoms with Crippen molar-refractivity contribution in [3.8, 4) is 11.5 Å². The van der Waals surface area contributed by atoms with E-state index < -0.39 is 10.1 Å². The number of rotatable bonds is 9. The second-order valence-corrected chi connectivity index (χ2v) is 8.32. The van der Waals surface area contributed by atoms with Crippen LogP contribution in [0, 0.1) is 0 Å². The van der Waals surface area contributed by atoms with Gasteiger partial charge in [-0.25, -0.2) is 0 Å². The monoisotopic (exact) mass is 417 g/mol. The molecule has 2 rings (SSSR count). The Labute approximate surface area is 172 Å². The summed E-state index contributed by atoms with van der Waals surface area (Å²) in [6.45, 7) is 4.31. The maximum atomic E-state index is 12.8. The van der Waals surface area contributed by atoms with E-state index in [0.717, 1.165) is 23.8 Å². The number of amides is 1. The summed E-state index contributed by atoms with van der Waals surface area (Å²) in [6.07, 6.45) is 5.10. The van der Waals surface area contributed by atoms with Crippen molar-refractivity contribution in [3.63, 3.8) is 0 Å². The number of benzene rings is 2. The van der Waals surface area contributed by atoms with Crippen molar-refractivity contribution in [1.29, 1.82) is 0 Å². The molecule has 0 aliphatic rings. The first-order valence-corrected chi connectivity index (χ1v) is 11.1. The zero-order valence-electron chi connectivity index (χ0n) is 17.2. The first-order chi connectivity index (χ1) is 13.7. The molecule has 2 aromatic carbocycles. The van der Waals surface area contributed by atoms with Crippen molar-refractivity contribution in [2.75, 3.05) is 13.4 Å². The largest absolute Gasteiger partial charge is 0.493 e. The van der Waals surface area contributed by atoms with Crippen LogP contribution in [0.3, 0.4) is 0 Å². The van der Waals surface area contributed by atoms with Crippen LogP contribution in [-0.2, 0) is 21.5 Å². The average Bonchev–Trinajstić information content (AvgIpc) is 2.69. The molecular formula is C22H27NO5S. The lowest BCUT2D eigenvalue weighted by Gasteiger charge is -2.28. The van der Waals surface area contributed by atoms with Crippen LogP contribution in [-0.4, -0.2) is 38.6 Å². The van der Waals surface area contributed by atoms with E-state index in [1.807, 2.05) is 44.2 Å². The number of ether oxygens (including phenoxy) is 1. The number of methoxy groups -OCH3 is 1. The molecule has 0 N–H and O–H groups in total. The molecule has 7 heteroatoms. The van der Waals surface area contributed by atoms with Crippen LogP contribution in [0.5, 0.6) is 11.5 Å². The van der Waals surface area contributed by atoms with Gasteiger partial charge in [-0.2, -0.15) is 8.42 Å². The third-order valence-corrected chi connectivity index (χ3v) is 4.93. The van der Waals surface area contributed by atoms with Crippen molar-refractivity contribution in [1.82, 2.24) is 4.90 Å². The summed E-state index contributed by atoms with van der Waals surface area (Å²) in [5.74, 6) is 0.290. The molecule has 0 aliphatic heterocycles. The van der Waals surface area contributed by atoms with Gasteiger partial charge in [-0.05, 0) is 42.7 Å². The van der Waals surface area contributed by atoms with E-state index in [1.165, 1.54) is 7.11 Å². The van der Waals surface area contributed by atoms with E-state index in [-0.39, 0.29) is 17.7 Å². The van der Waals surface area contributed by atoms with Gasteiger partial charge in [0.05, 0.1) is 13.4 Å². The molecule has 0 aromatic heterocycles. The summed E-state index contributed by atoms with van der Waals surface area (Å²) >= 11 is 0. The summed E-state index contributed by atoms with van der Waals surface area (Å²) < 4.78 is 33.3. The maximum Gasteiger partial charge on any atom is 0.306 e. The highest BCUT2D eigenvalue weighted by Gasteiger charge is 2.19. The van der Waals surface area contributed by atoms with E-state index in [2.05, 4.69) is 0 Å². The van der Waals surface area contributed by atoms with Crippen molar-refractivity contribution in [2.24, 2.45) is 0 Å². The van der Waals surface area contributed by atoms with Gasteiger partial charge in [-0.1, -0.05) is 43.3 Å². The lowest BCUT2D eigenvalue weighted by molar-refractivity contribution is -0.128. The van der Waals surface area contributed by atoms with E-state index in [0.29, 0.717) is 12.3 Å². The number of hydrogen-bond donors (Lipinski definition) is 0. The molecule has 6 nitrogen and oxygen atoms in total. The molecule has 0 radical (unpaired) electrons. The quantitative estimate of drug-likeness (QED) is 0.457. The molecule has 156 valence electrons. The fraction of sp³-hybridized carbons (Fsp3) is 0.318. The van der Waals surface area contributed by atoms with Crippen molar-refractivity contribution < 1.29 is 22.1 Å². The molecular weight excluding hydrogens is 390 g/mol. The van der Waals surface area contributed by atoms with Crippen LogP contribution < -0.4 is 8.92 Å². The van der Waals surface area contributed by atoms with Gasteiger partial charge in [0, 0.05) is 18.7 Å². The van der Waals surface area contributed by atoms with E-state index in [4.69, 9.17) is 8.92 Å². The molecule has 0 saturated heterocycles. The van der Waals surface area contributed by atoms with Crippen molar-refractivity contribution in [2.45, 2.75) is 32.9 Å². The van der Waals surface area contributed by atoms with Crippen LogP contribution in [0.25, 0.3) is 6.08 Å². The van der Waals surface area contributed by atoms with Gasteiger partial charge in [0.25, 0.3) is 0 Å². The van der Waals surface area contributed by atoms with Crippen LogP contribution in [0.2, 0.25) is 0 Å². The molecule has 0 heterocycles. The molecule has 0 bridgehead atoms. The minimum absolute atomic E-state index is 0.00398. The van der Waals surface area contributed by atoms with Crippen LogP contribution in [0.15, 0.2) is 54.6 Å². The van der Waals surface area contributed by atoms with E-state index in [1.54, 1.807) is 35.3 Å². The third kappa shape index (κ3) is 6.94. The highest BCUT2D eigenvalue weighted by atomic mass is 32.2. The zero-order chi connectivity index (χ0) is 21.4. The first-order valence-electron chi connectivity index (χ1n) is 9.33. The Morgan fingerprint density at radius 3 is 2.41 bits per heavy atom. The average molecular weight is 418 g/mol. The number of nitrogens with zero attached hydrogens (tertiary/aromatic N) is 1. The summed E-state index contributed by atoms with van der Waals surface area (Å²) in [7, 11) is -2.27. The predicted molar refractivity (Wildman–Crippen MR) is 114 cm³/mol. The van der Waals surface area contributed by atoms with Gasteiger partial charge >= 0.3 is 10.1 Å². The van der Waals surface area contributed by atoms with Gasteiger partial charge in [-0.3, -0.25) is 4.79 Å². The fourth-order valence-corrected chi connectivity index (χ4v) is 3.20. The molecule has 0 aliphatic carbocycles. The molecule has 2 aromatic rings. The van der Waals surface area contributed by atoms with E-state index in [9.17, 15) is 13.2 Å². The lowest BCUT2D eigenvalue weighted by atomic mass is 10.1. The summed E-state index contributed by atoms with van der Waals surface area (Å²) in [5, 5.41) is 0.